The number of carbonyl (C=O) groups excluding carboxylic acids is 1. The number of carboxylic acid groups (broad SMARTS) is 1. The lowest BCUT2D eigenvalue weighted by Crippen LogP contribution is -2.15. The Morgan fingerprint density at radius 1 is 1.23 bits per heavy atom. The fraction of sp³-hybridized carbons (Fsp3) is 0.235. The molecule has 0 aliphatic carbocycles. The van der Waals surface area contributed by atoms with Gasteiger partial charge in [0.15, 0.2) is 5.78 Å². The normalized spacial score (nSPS) is 11.7. The molecular weight excluding hydrogens is 282 g/mol. The molecule has 0 amide bonds. The molecule has 5 nitrogen and oxygen atoms in total. The van der Waals surface area contributed by atoms with Crippen molar-refractivity contribution in [2.75, 3.05) is 0 Å². The molecule has 22 heavy (non-hydrogen) atoms. The summed E-state index contributed by atoms with van der Waals surface area (Å²) in [6, 6.07) is 10.5. The molecule has 0 fully saturated rings. The molecule has 2 aromatic rings. The zero-order valence-electron chi connectivity index (χ0n) is 12.2. The summed E-state index contributed by atoms with van der Waals surface area (Å²) in [4.78, 5) is 26.7. The highest BCUT2D eigenvalue weighted by atomic mass is 16.5. The van der Waals surface area contributed by atoms with E-state index in [-0.39, 0.29) is 12.2 Å². The second-order valence-electron chi connectivity index (χ2n) is 5.04. The molecule has 1 aromatic heterocycles. The first-order valence-corrected chi connectivity index (χ1v) is 6.94. The lowest BCUT2D eigenvalue weighted by Gasteiger charge is -2.09. The van der Waals surface area contributed by atoms with Crippen molar-refractivity contribution < 1.29 is 19.4 Å². The van der Waals surface area contributed by atoms with Gasteiger partial charge in [-0.15, -0.1) is 0 Å². The molecule has 0 bridgehead atoms. The molecule has 114 valence electrons. The average molecular weight is 299 g/mol. The first-order valence-electron chi connectivity index (χ1n) is 6.94. The molecule has 1 aromatic carbocycles. The number of nitrogens with zero attached hydrogens (tertiary/aromatic N) is 1. The first-order chi connectivity index (χ1) is 10.6. The summed E-state index contributed by atoms with van der Waals surface area (Å²) in [5.41, 5.74) is 1.44. The summed E-state index contributed by atoms with van der Waals surface area (Å²) in [7, 11) is 0. The van der Waals surface area contributed by atoms with E-state index in [4.69, 9.17) is 9.84 Å². The van der Waals surface area contributed by atoms with Gasteiger partial charge in [0.25, 0.3) is 0 Å². The maximum absolute atomic E-state index is 12.1. The van der Waals surface area contributed by atoms with Crippen molar-refractivity contribution in [2.45, 2.75) is 20.0 Å². The molecule has 5 heteroatoms. The van der Waals surface area contributed by atoms with Gasteiger partial charge in [-0.25, -0.2) is 0 Å². The van der Waals surface area contributed by atoms with E-state index in [1.807, 2.05) is 12.1 Å². The average Bonchev–Trinajstić information content (AvgIpc) is 2.53. The van der Waals surface area contributed by atoms with Crippen molar-refractivity contribution in [1.29, 1.82) is 0 Å². The molecule has 0 saturated heterocycles. The van der Waals surface area contributed by atoms with Crippen LogP contribution in [-0.2, 0) is 11.4 Å². The van der Waals surface area contributed by atoms with Gasteiger partial charge in [-0.1, -0.05) is 13.0 Å². The smallest absolute Gasteiger partial charge is 0.304 e. The molecule has 1 atom stereocenters. The van der Waals surface area contributed by atoms with Gasteiger partial charge >= 0.3 is 5.97 Å². The first kappa shape index (κ1) is 15.7. The number of pyridine rings is 1. The van der Waals surface area contributed by atoms with Crippen LogP contribution in [0.1, 0.15) is 29.3 Å². The SMILES string of the molecule is CC(CC(=O)O)C(=O)c1ccc(OCc2cccnc2)cc1. The van der Waals surface area contributed by atoms with Gasteiger partial charge in [-0.3, -0.25) is 14.6 Å². The third-order valence-corrected chi connectivity index (χ3v) is 3.20. The minimum atomic E-state index is -0.975. The van der Waals surface area contributed by atoms with E-state index < -0.39 is 11.9 Å². The maximum Gasteiger partial charge on any atom is 0.304 e. The van der Waals surface area contributed by atoms with Crippen LogP contribution in [0.2, 0.25) is 0 Å². The predicted octanol–water partition coefficient (Wildman–Crippen LogP) is 2.95. The summed E-state index contributed by atoms with van der Waals surface area (Å²) in [5, 5.41) is 8.72. The van der Waals surface area contributed by atoms with Crippen LogP contribution in [0.25, 0.3) is 0 Å². The number of hydrogen-bond acceptors (Lipinski definition) is 4. The summed E-state index contributed by atoms with van der Waals surface area (Å²) < 4.78 is 5.61. The van der Waals surface area contributed by atoms with Crippen molar-refractivity contribution in [3.63, 3.8) is 0 Å². The minimum Gasteiger partial charge on any atom is -0.489 e. The van der Waals surface area contributed by atoms with E-state index in [1.165, 1.54) is 0 Å². The van der Waals surface area contributed by atoms with Crippen LogP contribution in [0.3, 0.4) is 0 Å². The van der Waals surface area contributed by atoms with E-state index in [2.05, 4.69) is 4.98 Å². The Balaban J connectivity index is 1.95. The Labute approximate surface area is 128 Å². The topological polar surface area (TPSA) is 76.5 Å². The Bertz CT molecular complexity index is 637. The number of ketones is 1. The van der Waals surface area contributed by atoms with E-state index >= 15 is 0 Å². The van der Waals surface area contributed by atoms with Gasteiger partial charge in [0.2, 0.25) is 0 Å². The van der Waals surface area contributed by atoms with Gasteiger partial charge in [0, 0.05) is 29.4 Å². The number of carboxylic acids is 1. The third-order valence-electron chi connectivity index (χ3n) is 3.20. The fourth-order valence-electron chi connectivity index (χ4n) is 2.00. The monoisotopic (exact) mass is 299 g/mol. The van der Waals surface area contributed by atoms with Gasteiger partial charge in [-0.2, -0.15) is 0 Å². The Morgan fingerprint density at radius 3 is 2.55 bits per heavy atom. The Hall–Kier alpha value is -2.69. The zero-order chi connectivity index (χ0) is 15.9. The summed E-state index contributed by atoms with van der Waals surface area (Å²) in [5.74, 6) is -1.05. The number of aliphatic carboxylic acids is 1. The highest BCUT2D eigenvalue weighted by Gasteiger charge is 2.18. The molecule has 0 aliphatic heterocycles. The van der Waals surface area contributed by atoms with Gasteiger partial charge < -0.3 is 9.84 Å². The second-order valence-corrected chi connectivity index (χ2v) is 5.04. The largest absolute Gasteiger partial charge is 0.489 e. The van der Waals surface area contributed by atoms with Crippen molar-refractivity contribution in [3.8, 4) is 5.75 Å². The molecule has 1 unspecified atom stereocenters. The van der Waals surface area contributed by atoms with Crippen LogP contribution < -0.4 is 4.74 Å². The van der Waals surface area contributed by atoms with E-state index in [9.17, 15) is 9.59 Å². The molecule has 0 aliphatic rings. The molecular formula is C17H17NO4. The van der Waals surface area contributed by atoms with Crippen LogP contribution in [0.4, 0.5) is 0 Å². The van der Waals surface area contributed by atoms with Crippen molar-refractivity contribution >= 4 is 11.8 Å². The van der Waals surface area contributed by atoms with Gasteiger partial charge in [-0.05, 0) is 30.3 Å². The van der Waals surface area contributed by atoms with E-state index in [0.29, 0.717) is 17.9 Å². The highest BCUT2D eigenvalue weighted by Crippen LogP contribution is 2.17. The number of ether oxygens (including phenoxy) is 1. The molecule has 0 saturated carbocycles. The number of aromatic nitrogens is 1. The van der Waals surface area contributed by atoms with Crippen LogP contribution in [0, 0.1) is 5.92 Å². The third kappa shape index (κ3) is 4.41. The van der Waals surface area contributed by atoms with Crippen LogP contribution in [0.15, 0.2) is 48.8 Å². The number of benzene rings is 1. The van der Waals surface area contributed by atoms with Crippen LogP contribution in [-0.4, -0.2) is 21.8 Å². The number of Topliss-reactive ketones (excluding diaryl/α,β-unsaturated/α-hetero) is 1. The second kappa shape index (κ2) is 7.36. The van der Waals surface area contributed by atoms with Gasteiger partial charge in [0.05, 0.1) is 6.42 Å². The summed E-state index contributed by atoms with van der Waals surface area (Å²) >= 11 is 0. The van der Waals surface area contributed by atoms with Crippen LogP contribution in [0.5, 0.6) is 5.75 Å². The van der Waals surface area contributed by atoms with Crippen molar-refractivity contribution in [3.05, 3.63) is 59.9 Å². The Morgan fingerprint density at radius 2 is 1.95 bits per heavy atom. The maximum atomic E-state index is 12.1. The zero-order valence-corrected chi connectivity index (χ0v) is 12.2. The minimum absolute atomic E-state index is 0.169. The standard InChI is InChI=1S/C17H17NO4/c1-12(9-16(19)20)17(21)14-4-6-15(7-5-14)22-11-13-3-2-8-18-10-13/h2-8,10,12H,9,11H2,1H3,(H,19,20). The molecule has 0 radical (unpaired) electrons. The van der Waals surface area contributed by atoms with E-state index in [0.717, 1.165) is 5.56 Å². The molecule has 1 heterocycles. The van der Waals surface area contributed by atoms with Gasteiger partial charge in [0.1, 0.15) is 12.4 Å². The number of hydrogen-bond donors (Lipinski definition) is 1. The quantitative estimate of drug-likeness (QED) is 0.795. The lowest BCUT2D eigenvalue weighted by atomic mass is 9.96. The van der Waals surface area contributed by atoms with Crippen molar-refractivity contribution in [1.82, 2.24) is 4.98 Å². The summed E-state index contributed by atoms with van der Waals surface area (Å²) in [6.45, 7) is 2.01. The van der Waals surface area contributed by atoms with Crippen molar-refractivity contribution in [2.24, 2.45) is 5.92 Å². The fourth-order valence-corrected chi connectivity index (χ4v) is 2.00. The predicted molar refractivity (Wildman–Crippen MR) is 80.8 cm³/mol. The van der Waals surface area contributed by atoms with E-state index in [1.54, 1.807) is 43.6 Å². The molecule has 2 rings (SSSR count). The highest BCUT2D eigenvalue weighted by molar-refractivity contribution is 5.99. The lowest BCUT2D eigenvalue weighted by molar-refractivity contribution is -0.137. The molecule has 0 spiro atoms. The van der Waals surface area contributed by atoms with Crippen LogP contribution >= 0.6 is 0 Å². The Kier molecular flexibility index (Phi) is 5.25. The number of rotatable bonds is 7. The summed E-state index contributed by atoms with van der Waals surface area (Å²) in [6.07, 6.45) is 3.26. The number of carbonyl (C=O) groups is 2. The molecule has 1 N–H and O–H groups in total.